The SMILES string of the molecule is OCCN(Cc1cc(Cl)cc2c1OCC2)C1CCCCC1. The summed E-state index contributed by atoms with van der Waals surface area (Å²) in [5.74, 6) is 1.03. The molecular weight excluding hydrogens is 286 g/mol. The third-order valence-electron chi connectivity index (χ3n) is 4.68. The van der Waals surface area contributed by atoms with E-state index in [4.69, 9.17) is 16.3 Å². The zero-order valence-corrected chi connectivity index (χ0v) is 13.2. The lowest BCUT2D eigenvalue weighted by Crippen LogP contribution is -2.38. The minimum Gasteiger partial charge on any atom is -0.493 e. The van der Waals surface area contributed by atoms with E-state index in [0.717, 1.165) is 36.9 Å². The first kappa shape index (κ1) is 15.1. The van der Waals surface area contributed by atoms with E-state index in [0.29, 0.717) is 6.04 Å². The number of aliphatic hydroxyl groups is 1. The van der Waals surface area contributed by atoms with Gasteiger partial charge in [0.1, 0.15) is 5.75 Å². The molecule has 116 valence electrons. The number of nitrogens with zero attached hydrogens (tertiary/aromatic N) is 1. The van der Waals surface area contributed by atoms with Crippen molar-refractivity contribution in [2.24, 2.45) is 0 Å². The van der Waals surface area contributed by atoms with Gasteiger partial charge < -0.3 is 9.84 Å². The number of ether oxygens (including phenoxy) is 1. The summed E-state index contributed by atoms with van der Waals surface area (Å²) in [6.07, 6.45) is 7.38. The van der Waals surface area contributed by atoms with Crippen LogP contribution in [0.3, 0.4) is 0 Å². The number of rotatable bonds is 5. The van der Waals surface area contributed by atoms with Gasteiger partial charge in [-0.1, -0.05) is 30.9 Å². The van der Waals surface area contributed by atoms with Crippen molar-refractivity contribution in [3.05, 3.63) is 28.3 Å². The molecule has 0 atom stereocenters. The Hall–Kier alpha value is -0.770. The minimum absolute atomic E-state index is 0.208. The van der Waals surface area contributed by atoms with E-state index in [-0.39, 0.29) is 6.61 Å². The van der Waals surface area contributed by atoms with E-state index in [1.165, 1.54) is 43.2 Å². The maximum absolute atomic E-state index is 9.39. The molecule has 1 aromatic carbocycles. The predicted octanol–water partition coefficient (Wildman–Crippen LogP) is 3.40. The first-order valence-corrected chi connectivity index (χ1v) is 8.44. The van der Waals surface area contributed by atoms with Crippen LogP contribution in [-0.2, 0) is 13.0 Å². The van der Waals surface area contributed by atoms with Crippen LogP contribution in [0, 0.1) is 0 Å². The van der Waals surface area contributed by atoms with Crippen molar-refractivity contribution in [1.29, 1.82) is 0 Å². The first-order chi connectivity index (χ1) is 10.3. The highest BCUT2D eigenvalue weighted by Crippen LogP contribution is 2.34. The maximum Gasteiger partial charge on any atom is 0.127 e. The minimum atomic E-state index is 0.208. The van der Waals surface area contributed by atoms with Crippen LogP contribution < -0.4 is 4.74 Å². The summed E-state index contributed by atoms with van der Waals surface area (Å²) in [5, 5.41) is 10.2. The third kappa shape index (κ3) is 3.53. The van der Waals surface area contributed by atoms with Crippen LogP contribution in [0.2, 0.25) is 5.02 Å². The van der Waals surface area contributed by atoms with Gasteiger partial charge >= 0.3 is 0 Å². The Morgan fingerprint density at radius 2 is 2.05 bits per heavy atom. The van der Waals surface area contributed by atoms with Gasteiger partial charge in [-0.25, -0.2) is 0 Å². The standard InChI is InChI=1S/C17H24ClNO2/c18-15-10-13-6-9-21-17(13)14(11-15)12-19(7-8-20)16-4-2-1-3-5-16/h10-11,16,20H,1-9,12H2. The molecule has 3 rings (SSSR count). The topological polar surface area (TPSA) is 32.7 Å². The molecule has 0 unspecified atom stereocenters. The zero-order chi connectivity index (χ0) is 14.7. The number of benzene rings is 1. The molecule has 1 fully saturated rings. The van der Waals surface area contributed by atoms with E-state index in [1.807, 2.05) is 12.1 Å². The van der Waals surface area contributed by atoms with Crippen LogP contribution in [0.1, 0.15) is 43.2 Å². The average Bonchev–Trinajstić information content (AvgIpc) is 2.96. The fourth-order valence-electron chi connectivity index (χ4n) is 3.65. The molecule has 0 spiro atoms. The van der Waals surface area contributed by atoms with E-state index in [2.05, 4.69) is 4.90 Å². The largest absolute Gasteiger partial charge is 0.493 e. The van der Waals surface area contributed by atoms with Crippen molar-refractivity contribution >= 4 is 11.6 Å². The summed E-state index contributed by atoms with van der Waals surface area (Å²) < 4.78 is 5.80. The van der Waals surface area contributed by atoms with E-state index in [1.54, 1.807) is 0 Å². The summed E-state index contributed by atoms with van der Waals surface area (Å²) in [6, 6.07) is 4.63. The Balaban J connectivity index is 1.79. The van der Waals surface area contributed by atoms with E-state index < -0.39 is 0 Å². The van der Waals surface area contributed by atoms with Crippen molar-refractivity contribution in [3.8, 4) is 5.75 Å². The van der Waals surface area contributed by atoms with Gasteiger partial charge in [-0.3, -0.25) is 4.90 Å². The van der Waals surface area contributed by atoms with Crippen LogP contribution in [0.5, 0.6) is 5.75 Å². The van der Waals surface area contributed by atoms with Gasteiger partial charge in [0.05, 0.1) is 13.2 Å². The Morgan fingerprint density at radius 3 is 2.81 bits per heavy atom. The van der Waals surface area contributed by atoms with E-state index in [9.17, 15) is 5.11 Å². The second kappa shape index (κ2) is 6.99. The number of fused-ring (bicyclic) bond motifs is 1. The summed E-state index contributed by atoms with van der Waals surface area (Å²) in [6.45, 7) is 2.52. The maximum atomic E-state index is 9.39. The van der Waals surface area contributed by atoms with E-state index >= 15 is 0 Å². The molecule has 0 bridgehead atoms. The number of halogens is 1. The number of hydrogen-bond donors (Lipinski definition) is 1. The molecule has 0 radical (unpaired) electrons. The number of hydrogen-bond acceptors (Lipinski definition) is 3. The lowest BCUT2D eigenvalue weighted by molar-refractivity contribution is 0.116. The molecule has 0 saturated heterocycles. The monoisotopic (exact) mass is 309 g/mol. The molecule has 0 aromatic heterocycles. The van der Waals surface area contributed by atoms with Gasteiger partial charge in [0.25, 0.3) is 0 Å². The molecular formula is C17H24ClNO2. The molecule has 3 nitrogen and oxygen atoms in total. The Labute approximate surface area is 131 Å². The molecule has 1 N–H and O–H groups in total. The summed E-state index contributed by atoms with van der Waals surface area (Å²) in [7, 11) is 0. The zero-order valence-electron chi connectivity index (χ0n) is 12.5. The fourth-order valence-corrected chi connectivity index (χ4v) is 3.91. The Bertz CT molecular complexity index is 486. The summed E-state index contributed by atoms with van der Waals surface area (Å²) in [4.78, 5) is 2.41. The van der Waals surface area contributed by atoms with Crippen molar-refractivity contribution in [3.63, 3.8) is 0 Å². The van der Waals surface area contributed by atoms with Crippen LogP contribution in [-0.4, -0.2) is 35.8 Å². The fraction of sp³-hybridized carbons (Fsp3) is 0.647. The van der Waals surface area contributed by atoms with Gasteiger partial charge in [0, 0.05) is 36.1 Å². The highest BCUT2D eigenvalue weighted by Gasteiger charge is 2.24. The Kier molecular flexibility index (Phi) is 5.04. The second-order valence-electron chi connectivity index (χ2n) is 6.14. The third-order valence-corrected chi connectivity index (χ3v) is 4.90. The van der Waals surface area contributed by atoms with Crippen LogP contribution in [0.25, 0.3) is 0 Å². The van der Waals surface area contributed by atoms with Crippen LogP contribution in [0.15, 0.2) is 12.1 Å². The van der Waals surface area contributed by atoms with Crippen LogP contribution >= 0.6 is 11.6 Å². The molecule has 1 heterocycles. The molecule has 1 saturated carbocycles. The molecule has 0 amide bonds. The quantitative estimate of drug-likeness (QED) is 0.905. The van der Waals surface area contributed by atoms with Crippen molar-refractivity contribution < 1.29 is 9.84 Å². The molecule has 1 aliphatic carbocycles. The second-order valence-corrected chi connectivity index (χ2v) is 6.57. The average molecular weight is 310 g/mol. The highest BCUT2D eigenvalue weighted by atomic mass is 35.5. The Morgan fingerprint density at radius 1 is 1.24 bits per heavy atom. The first-order valence-electron chi connectivity index (χ1n) is 8.07. The van der Waals surface area contributed by atoms with Gasteiger partial charge in [0.2, 0.25) is 0 Å². The molecule has 21 heavy (non-hydrogen) atoms. The summed E-state index contributed by atoms with van der Waals surface area (Å²) in [5.41, 5.74) is 2.40. The smallest absolute Gasteiger partial charge is 0.127 e. The van der Waals surface area contributed by atoms with Crippen molar-refractivity contribution in [2.75, 3.05) is 19.8 Å². The molecule has 1 aromatic rings. The number of aliphatic hydroxyl groups excluding tert-OH is 1. The lowest BCUT2D eigenvalue weighted by Gasteiger charge is -2.34. The normalized spacial score (nSPS) is 18.8. The highest BCUT2D eigenvalue weighted by molar-refractivity contribution is 6.30. The van der Waals surface area contributed by atoms with Crippen molar-refractivity contribution in [1.82, 2.24) is 4.90 Å². The van der Waals surface area contributed by atoms with Gasteiger partial charge in [-0.15, -0.1) is 0 Å². The van der Waals surface area contributed by atoms with Crippen LogP contribution in [0.4, 0.5) is 0 Å². The molecule has 1 aliphatic heterocycles. The summed E-state index contributed by atoms with van der Waals surface area (Å²) >= 11 is 6.25. The predicted molar refractivity (Wildman–Crippen MR) is 85.0 cm³/mol. The lowest BCUT2D eigenvalue weighted by atomic mass is 9.93. The van der Waals surface area contributed by atoms with Gasteiger partial charge in [-0.05, 0) is 30.5 Å². The van der Waals surface area contributed by atoms with Gasteiger partial charge in [-0.2, -0.15) is 0 Å². The van der Waals surface area contributed by atoms with Crippen molar-refractivity contribution in [2.45, 2.75) is 51.1 Å². The molecule has 2 aliphatic rings. The van der Waals surface area contributed by atoms with Gasteiger partial charge in [0.15, 0.2) is 0 Å². The molecule has 4 heteroatoms.